The minimum Gasteiger partial charge on any atom is -0.507 e. The van der Waals surface area contributed by atoms with Crippen LogP contribution < -0.4 is 0 Å². The Hall–Kier alpha value is -3.60. The Morgan fingerprint density at radius 3 is 2.46 bits per heavy atom. The van der Waals surface area contributed by atoms with Gasteiger partial charge in [0.15, 0.2) is 5.78 Å². The lowest BCUT2D eigenvalue weighted by molar-refractivity contribution is 0.0693. The van der Waals surface area contributed by atoms with Crippen molar-refractivity contribution in [1.29, 1.82) is 0 Å². The number of aromatic carboxylic acids is 1. The number of aromatic hydroxyl groups is 1. The molecule has 0 amide bonds. The molecule has 0 saturated carbocycles. The Labute approximate surface area is 162 Å². The Morgan fingerprint density at radius 2 is 1.79 bits per heavy atom. The molecule has 0 aliphatic carbocycles. The molecule has 0 unspecified atom stereocenters. The van der Waals surface area contributed by atoms with Crippen molar-refractivity contribution in [3.05, 3.63) is 83.1 Å². The number of benzene rings is 2. The molecule has 0 saturated heterocycles. The van der Waals surface area contributed by atoms with Gasteiger partial charge >= 0.3 is 5.97 Å². The van der Waals surface area contributed by atoms with Gasteiger partial charge in [-0.25, -0.2) is 4.79 Å². The Balaban J connectivity index is 1.74. The summed E-state index contributed by atoms with van der Waals surface area (Å²) in [5.41, 5.74) is 2.13. The fraction of sp³-hybridized carbons (Fsp3) is 0.130. The van der Waals surface area contributed by atoms with Gasteiger partial charge in [0.1, 0.15) is 22.8 Å². The van der Waals surface area contributed by atoms with E-state index in [1.807, 2.05) is 24.3 Å². The Kier molecular flexibility index (Phi) is 5.75. The highest BCUT2D eigenvalue weighted by molar-refractivity contribution is 6.06. The summed E-state index contributed by atoms with van der Waals surface area (Å²) < 4.78 is 5.67. The molecule has 0 spiro atoms. The van der Waals surface area contributed by atoms with Gasteiger partial charge in [0, 0.05) is 11.1 Å². The maximum atomic E-state index is 12.3. The predicted octanol–water partition coefficient (Wildman–Crippen LogP) is 5.20. The summed E-state index contributed by atoms with van der Waals surface area (Å²) in [5.74, 6) is -0.742. The van der Waals surface area contributed by atoms with Gasteiger partial charge in [-0.3, -0.25) is 4.79 Å². The molecule has 0 aliphatic heterocycles. The first kappa shape index (κ1) is 19.2. The molecule has 2 aromatic carbocycles. The SMILES string of the molecule is CCCc1ccc(C(=O)/C=C/c2ccc(-c3ccc(O)c(C(=O)O)c3)o2)cc1. The number of rotatable bonds is 7. The zero-order chi connectivity index (χ0) is 20.1. The highest BCUT2D eigenvalue weighted by Gasteiger charge is 2.13. The van der Waals surface area contributed by atoms with E-state index in [-0.39, 0.29) is 17.1 Å². The van der Waals surface area contributed by atoms with Gasteiger partial charge in [-0.15, -0.1) is 0 Å². The van der Waals surface area contributed by atoms with E-state index in [2.05, 4.69) is 6.92 Å². The molecule has 28 heavy (non-hydrogen) atoms. The van der Waals surface area contributed by atoms with Gasteiger partial charge in [-0.2, -0.15) is 0 Å². The van der Waals surface area contributed by atoms with E-state index in [0.29, 0.717) is 22.6 Å². The zero-order valence-electron chi connectivity index (χ0n) is 15.4. The van der Waals surface area contributed by atoms with Gasteiger partial charge in [-0.1, -0.05) is 37.6 Å². The van der Waals surface area contributed by atoms with Gasteiger partial charge in [-0.05, 0) is 54.5 Å². The van der Waals surface area contributed by atoms with Crippen molar-refractivity contribution >= 4 is 17.8 Å². The third-order valence-electron chi connectivity index (χ3n) is 4.31. The number of carbonyl (C=O) groups excluding carboxylic acids is 1. The van der Waals surface area contributed by atoms with Crippen LogP contribution in [0.15, 0.2) is 65.1 Å². The second kappa shape index (κ2) is 8.39. The first-order valence-corrected chi connectivity index (χ1v) is 8.96. The van der Waals surface area contributed by atoms with E-state index < -0.39 is 5.97 Å². The summed E-state index contributed by atoms with van der Waals surface area (Å²) in [6, 6.07) is 15.1. The lowest BCUT2D eigenvalue weighted by Crippen LogP contribution is -1.96. The number of hydrogen-bond donors (Lipinski definition) is 2. The molecule has 0 radical (unpaired) electrons. The third kappa shape index (κ3) is 4.38. The van der Waals surface area contributed by atoms with E-state index in [9.17, 15) is 14.7 Å². The number of carbonyl (C=O) groups is 2. The average molecular weight is 376 g/mol. The van der Waals surface area contributed by atoms with Crippen molar-refractivity contribution in [3.8, 4) is 17.1 Å². The minimum atomic E-state index is -1.22. The van der Waals surface area contributed by atoms with Crippen LogP contribution >= 0.6 is 0 Å². The molecule has 5 nitrogen and oxygen atoms in total. The van der Waals surface area contributed by atoms with Crippen molar-refractivity contribution in [3.63, 3.8) is 0 Å². The van der Waals surface area contributed by atoms with Gasteiger partial charge in [0.05, 0.1) is 0 Å². The highest BCUT2D eigenvalue weighted by atomic mass is 16.4. The molecule has 0 fully saturated rings. The summed E-state index contributed by atoms with van der Waals surface area (Å²) in [7, 11) is 0. The topological polar surface area (TPSA) is 87.7 Å². The number of furan rings is 1. The second-order valence-electron chi connectivity index (χ2n) is 6.38. The second-order valence-corrected chi connectivity index (χ2v) is 6.38. The number of phenols is 1. The monoisotopic (exact) mass is 376 g/mol. The zero-order valence-corrected chi connectivity index (χ0v) is 15.4. The molecule has 0 bridgehead atoms. The number of hydrogen-bond acceptors (Lipinski definition) is 4. The number of carboxylic acid groups (broad SMARTS) is 1. The van der Waals surface area contributed by atoms with Crippen LogP contribution in [0.2, 0.25) is 0 Å². The summed E-state index contributed by atoms with van der Waals surface area (Å²) in [5, 5.41) is 18.7. The molecule has 142 valence electrons. The largest absolute Gasteiger partial charge is 0.507 e. The molecule has 0 aliphatic rings. The van der Waals surface area contributed by atoms with Crippen LogP contribution in [-0.4, -0.2) is 22.0 Å². The summed E-state index contributed by atoms with van der Waals surface area (Å²) >= 11 is 0. The van der Waals surface area contributed by atoms with Crippen LogP contribution in [0, 0.1) is 0 Å². The maximum Gasteiger partial charge on any atom is 0.339 e. The van der Waals surface area contributed by atoms with Gasteiger partial charge < -0.3 is 14.6 Å². The first-order chi connectivity index (χ1) is 13.5. The van der Waals surface area contributed by atoms with Crippen molar-refractivity contribution in [2.75, 3.05) is 0 Å². The summed E-state index contributed by atoms with van der Waals surface area (Å²) in [6.07, 6.45) is 5.06. The number of allylic oxidation sites excluding steroid dienone is 1. The van der Waals surface area contributed by atoms with E-state index in [1.54, 1.807) is 24.3 Å². The van der Waals surface area contributed by atoms with E-state index >= 15 is 0 Å². The molecule has 0 atom stereocenters. The fourth-order valence-corrected chi connectivity index (χ4v) is 2.84. The molecule has 5 heteroatoms. The van der Waals surface area contributed by atoms with E-state index in [1.165, 1.54) is 23.8 Å². The Morgan fingerprint density at radius 1 is 1.04 bits per heavy atom. The number of ketones is 1. The van der Waals surface area contributed by atoms with Gasteiger partial charge in [0.2, 0.25) is 0 Å². The van der Waals surface area contributed by atoms with Crippen molar-refractivity contribution in [1.82, 2.24) is 0 Å². The van der Waals surface area contributed by atoms with Crippen molar-refractivity contribution in [2.24, 2.45) is 0 Å². The molecule has 2 N–H and O–H groups in total. The first-order valence-electron chi connectivity index (χ1n) is 8.96. The number of aryl methyl sites for hydroxylation is 1. The standard InChI is InChI=1S/C23H20O5/c1-2-3-15-4-6-16(7-5-15)20(24)12-9-18-10-13-22(28-18)17-8-11-21(25)19(14-17)23(26)27/h4-14,25H,2-3H2,1H3,(H,26,27)/b12-9+. The molecular formula is C23H20O5. The van der Waals surface area contributed by atoms with E-state index in [4.69, 9.17) is 9.52 Å². The number of carboxylic acids is 1. The van der Waals surface area contributed by atoms with Crippen LogP contribution in [0.1, 0.15) is 45.4 Å². The van der Waals surface area contributed by atoms with Crippen LogP contribution in [0.4, 0.5) is 0 Å². The molecule has 1 heterocycles. The molecule has 1 aromatic heterocycles. The maximum absolute atomic E-state index is 12.3. The van der Waals surface area contributed by atoms with E-state index in [0.717, 1.165) is 12.8 Å². The fourth-order valence-electron chi connectivity index (χ4n) is 2.84. The quantitative estimate of drug-likeness (QED) is 0.437. The summed E-state index contributed by atoms with van der Waals surface area (Å²) in [4.78, 5) is 23.4. The van der Waals surface area contributed by atoms with Crippen LogP contribution in [0.25, 0.3) is 17.4 Å². The lowest BCUT2D eigenvalue weighted by Gasteiger charge is -2.02. The minimum absolute atomic E-state index is 0.126. The molecular weight excluding hydrogens is 356 g/mol. The Bertz CT molecular complexity index is 1030. The summed E-state index contributed by atoms with van der Waals surface area (Å²) in [6.45, 7) is 2.11. The van der Waals surface area contributed by atoms with Crippen molar-refractivity contribution < 1.29 is 24.2 Å². The highest BCUT2D eigenvalue weighted by Crippen LogP contribution is 2.28. The average Bonchev–Trinajstić information content (AvgIpc) is 3.16. The molecule has 3 rings (SSSR count). The normalized spacial score (nSPS) is 11.0. The third-order valence-corrected chi connectivity index (χ3v) is 4.31. The lowest BCUT2D eigenvalue weighted by atomic mass is 10.1. The van der Waals surface area contributed by atoms with Crippen LogP contribution in [0.5, 0.6) is 5.75 Å². The smallest absolute Gasteiger partial charge is 0.339 e. The predicted molar refractivity (Wildman–Crippen MR) is 107 cm³/mol. The van der Waals surface area contributed by atoms with Crippen LogP contribution in [0.3, 0.4) is 0 Å². The molecule has 3 aromatic rings. The van der Waals surface area contributed by atoms with Gasteiger partial charge in [0.25, 0.3) is 0 Å². The van der Waals surface area contributed by atoms with Crippen LogP contribution in [-0.2, 0) is 6.42 Å². The van der Waals surface area contributed by atoms with Crippen molar-refractivity contribution in [2.45, 2.75) is 19.8 Å².